The number of ether oxygens (including phenoxy) is 2. The minimum atomic E-state index is -0.652. The Bertz CT molecular complexity index is 1470. The highest BCUT2D eigenvalue weighted by molar-refractivity contribution is 5.86. The van der Waals surface area contributed by atoms with E-state index in [-0.39, 0.29) is 47.9 Å². The highest BCUT2D eigenvalue weighted by Gasteiger charge is 2.40. The minimum Gasteiger partial charge on any atom is -0.469 e. The van der Waals surface area contributed by atoms with Crippen molar-refractivity contribution in [1.29, 1.82) is 0 Å². The Morgan fingerprint density at radius 1 is 0.911 bits per heavy atom. The lowest BCUT2D eigenvalue weighted by Crippen LogP contribution is -2.46. The zero-order valence-electron chi connectivity index (χ0n) is 27.2. The Kier molecular flexibility index (Phi) is 10.0. The molecule has 3 aromatic rings. The van der Waals surface area contributed by atoms with Crippen LogP contribution in [0.3, 0.4) is 0 Å². The second-order valence-electron chi connectivity index (χ2n) is 13.6. The monoisotopic (exact) mass is 613 g/mol. The summed E-state index contributed by atoms with van der Waals surface area (Å²) in [6.45, 7) is 9.24. The topological polar surface area (TPSA) is 88.2 Å². The first-order valence-electron chi connectivity index (χ1n) is 16.2. The van der Waals surface area contributed by atoms with Crippen LogP contribution in [-0.2, 0) is 14.3 Å². The van der Waals surface area contributed by atoms with Gasteiger partial charge in [0.1, 0.15) is 5.60 Å². The average Bonchev–Trinajstić information content (AvgIpc) is 3.47. The molecule has 1 heterocycles. The van der Waals surface area contributed by atoms with E-state index in [9.17, 15) is 14.4 Å². The number of carbonyl (C=O) groups is 3. The van der Waals surface area contributed by atoms with Crippen LogP contribution in [0.2, 0.25) is 0 Å². The highest BCUT2D eigenvalue weighted by atomic mass is 16.6. The van der Waals surface area contributed by atoms with Crippen LogP contribution in [-0.4, -0.2) is 66.3 Å². The van der Waals surface area contributed by atoms with Crippen LogP contribution >= 0.6 is 0 Å². The van der Waals surface area contributed by atoms with E-state index in [1.54, 1.807) is 0 Å². The molecule has 0 radical (unpaired) electrons. The molecule has 0 bridgehead atoms. The molecule has 2 aliphatic rings. The van der Waals surface area contributed by atoms with E-state index in [0.717, 1.165) is 34.7 Å². The summed E-state index contributed by atoms with van der Waals surface area (Å²) >= 11 is 0. The molecule has 45 heavy (non-hydrogen) atoms. The lowest BCUT2D eigenvalue weighted by Gasteiger charge is -2.35. The predicted molar refractivity (Wildman–Crippen MR) is 176 cm³/mol. The Morgan fingerprint density at radius 2 is 1.58 bits per heavy atom. The van der Waals surface area contributed by atoms with Crippen molar-refractivity contribution in [2.24, 2.45) is 11.8 Å². The highest BCUT2D eigenvalue weighted by Crippen LogP contribution is 2.37. The maximum absolute atomic E-state index is 13.9. The lowest BCUT2D eigenvalue weighted by molar-refractivity contribution is -0.146. The molecule has 8 nitrogen and oxygen atoms in total. The van der Waals surface area contributed by atoms with E-state index >= 15 is 0 Å². The molecule has 0 aromatic heterocycles. The predicted octanol–water partition coefficient (Wildman–Crippen LogP) is 7.29. The smallest absolute Gasteiger partial charge is 0.410 e. The fourth-order valence-electron chi connectivity index (χ4n) is 6.95. The molecule has 3 amide bonds. The van der Waals surface area contributed by atoms with Crippen molar-refractivity contribution >= 4 is 28.9 Å². The molecule has 5 rings (SSSR count). The number of hydrogen-bond acceptors (Lipinski definition) is 5. The van der Waals surface area contributed by atoms with Gasteiger partial charge in [-0.05, 0) is 75.3 Å². The van der Waals surface area contributed by atoms with Crippen LogP contribution in [0.25, 0.3) is 10.8 Å². The van der Waals surface area contributed by atoms with Crippen molar-refractivity contribution in [3.63, 3.8) is 0 Å². The van der Waals surface area contributed by atoms with E-state index in [1.807, 2.05) is 67.0 Å². The third-order valence-corrected chi connectivity index (χ3v) is 9.35. The first kappa shape index (κ1) is 32.3. The van der Waals surface area contributed by atoms with Crippen LogP contribution < -0.4 is 5.32 Å². The maximum atomic E-state index is 13.9. The molecule has 3 atom stereocenters. The van der Waals surface area contributed by atoms with Crippen LogP contribution in [0.5, 0.6) is 0 Å². The van der Waals surface area contributed by atoms with E-state index in [1.165, 1.54) is 7.11 Å². The van der Waals surface area contributed by atoms with E-state index in [2.05, 4.69) is 48.6 Å². The minimum absolute atomic E-state index is 0.00171. The molecule has 1 aliphatic heterocycles. The fraction of sp³-hybridized carbons (Fsp3) is 0.486. The summed E-state index contributed by atoms with van der Waals surface area (Å²) in [6, 6.07) is 24.4. The van der Waals surface area contributed by atoms with Gasteiger partial charge in [0.25, 0.3) is 0 Å². The summed E-state index contributed by atoms with van der Waals surface area (Å²) < 4.78 is 10.9. The van der Waals surface area contributed by atoms with Gasteiger partial charge in [0.15, 0.2) is 0 Å². The quantitative estimate of drug-likeness (QED) is 0.283. The molecule has 8 heteroatoms. The SMILES string of the molecule is COC(=O)C1CCC(NC(=O)N2C[C@H](CN(C(=O)OC(C)(C)C)[C@H](C)c3cccc4ccccc34)[C@@H](c3ccccc3)C2)CC1. The van der Waals surface area contributed by atoms with Crippen LogP contribution in [0.1, 0.15) is 76.5 Å². The molecule has 0 spiro atoms. The van der Waals surface area contributed by atoms with Crippen molar-refractivity contribution in [3.8, 4) is 0 Å². The molecule has 1 aliphatic carbocycles. The molecule has 1 N–H and O–H groups in total. The summed E-state index contributed by atoms with van der Waals surface area (Å²) in [4.78, 5) is 43.2. The molecule has 1 saturated carbocycles. The first-order valence-corrected chi connectivity index (χ1v) is 16.2. The number of esters is 1. The van der Waals surface area contributed by atoms with Crippen molar-refractivity contribution in [3.05, 3.63) is 83.9 Å². The van der Waals surface area contributed by atoms with E-state index in [0.29, 0.717) is 32.5 Å². The van der Waals surface area contributed by atoms with Gasteiger partial charge in [0, 0.05) is 37.5 Å². The standard InChI is InChI=1S/C37H47N3O5/c1-25(31-17-11-15-26-14-9-10-16-32(26)31)40(36(43)45-37(2,3)4)23-29-22-39(24-33(29)27-12-7-6-8-13-27)35(42)38-30-20-18-28(19-21-30)34(41)44-5/h6-17,25,28-30,33H,18-24H2,1-5H3,(H,38,42)/t25-,28?,29-,30?,33-/m1/s1. The van der Waals surface area contributed by atoms with Crippen molar-refractivity contribution in [2.75, 3.05) is 26.7 Å². The van der Waals surface area contributed by atoms with Gasteiger partial charge in [-0.2, -0.15) is 0 Å². The van der Waals surface area contributed by atoms with Gasteiger partial charge in [-0.15, -0.1) is 0 Å². The van der Waals surface area contributed by atoms with Gasteiger partial charge >= 0.3 is 18.1 Å². The number of fused-ring (bicyclic) bond motifs is 1. The number of carbonyl (C=O) groups excluding carboxylic acids is 3. The van der Waals surface area contributed by atoms with Gasteiger partial charge in [-0.3, -0.25) is 4.79 Å². The number of nitrogens with zero attached hydrogens (tertiary/aromatic N) is 2. The molecule has 240 valence electrons. The van der Waals surface area contributed by atoms with Gasteiger partial charge in [-0.1, -0.05) is 72.8 Å². The lowest BCUT2D eigenvalue weighted by atomic mass is 9.86. The van der Waals surface area contributed by atoms with Gasteiger partial charge in [0.05, 0.1) is 19.1 Å². The largest absolute Gasteiger partial charge is 0.469 e. The summed E-state index contributed by atoms with van der Waals surface area (Å²) in [5.41, 5.74) is 1.56. The molecular weight excluding hydrogens is 566 g/mol. The summed E-state index contributed by atoms with van der Waals surface area (Å²) in [7, 11) is 1.43. The van der Waals surface area contributed by atoms with Crippen molar-refractivity contribution in [2.45, 2.75) is 77.0 Å². The number of likely N-dealkylation sites (tertiary alicyclic amines) is 1. The first-order chi connectivity index (χ1) is 21.5. The summed E-state index contributed by atoms with van der Waals surface area (Å²) in [5, 5.41) is 5.47. The number of benzene rings is 3. The Hall–Kier alpha value is -4.07. The normalized spacial score (nSPS) is 22.5. The summed E-state index contributed by atoms with van der Waals surface area (Å²) in [5.74, 6) is -0.209. The van der Waals surface area contributed by atoms with Crippen LogP contribution in [0, 0.1) is 11.8 Å². The van der Waals surface area contributed by atoms with E-state index in [4.69, 9.17) is 9.47 Å². The third kappa shape index (κ3) is 7.78. The zero-order chi connectivity index (χ0) is 32.1. The second kappa shape index (κ2) is 13.9. The summed E-state index contributed by atoms with van der Waals surface area (Å²) in [6.07, 6.45) is 2.56. The zero-order valence-corrected chi connectivity index (χ0v) is 27.2. The molecule has 3 aromatic carbocycles. The Labute approximate surface area is 267 Å². The van der Waals surface area contributed by atoms with Crippen LogP contribution in [0.4, 0.5) is 9.59 Å². The van der Waals surface area contributed by atoms with Crippen molar-refractivity contribution < 1.29 is 23.9 Å². The molecule has 0 unspecified atom stereocenters. The van der Waals surface area contributed by atoms with Gasteiger partial charge in [-0.25, -0.2) is 9.59 Å². The number of rotatable bonds is 7. The molecular formula is C37H47N3O5. The second-order valence-corrected chi connectivity index (χ2v) is 13.6. The molecule has 2 fully saturated rings. The maximum Gasteiger partial charge on any atom is 0.410 e. The number of amides is 3. The van der Waals surface area contributed by atoms with Gasteiger partial charge in [0.2, 0.25) is 0 Å². The number of nitrogens with one attached hydrogen (secondary N) is 1. The number of urea groups is 1. The number of methoxy groups -OCH3 is 1. The van der Waals surface area contributed by atoms with E-state index < -0.39 is 5.60 Å². The van der Waals surface area contributed by atoms with Crippen LogP contribution in [0.15, 0.2) is 72.8 Å². The van der Waals surface area contributed by atoms with Gasteiger partial charge < -0.3 is 24.6 Å². The fourth-order valence-corrected chi connectivity index (χ4v) is 6.95. The number of hydrogen-bond donors (Lipinski definition) is 1. The molecule has 1 saturated heterocycles. The Balaban J connectivity index is 1.38. The van der Waals surface area contributed by atoms with Crippen molar-refractivity contribution in [1.82, 2.24) is 15.1 Å². The Morgan fingerprint density at radius 3 is 2.27 bits per heavy atom. The third-order valence-electron chi connectivity index (χ3n) is 9.35. The average molecular weight is 614 g/mol.